The second-order valence-electron chi connectivity index (χ2n) is 12.1. The van der Waals surface area contributed by atoms with E-state index >= 15 is 0 Å². The largest absolute Gasteiger partial charge is 0.493 e. The molecule has 0 bridgehead atoms. The highest BCUT2D eigenvalue weighted by molar-refractivity contribution is 5.63. The summed E-state index contributed by atoms with van der Waals surface area (Å²) in [6, 6.07) is 19.6. The van der Waals surface area contributed by atoms with E-state index in [1.165, 1.54) is 58.5 Å². The van der Waals surface area contributed by atoms with Crippen molar-refractivity contribution in [2.75, 3.05) is 43.6 Å². The highest BCUT2D eigenvalue weighted by atomic mass is 16.5. The van der Waals surface area contributed by atoms with Gasteiger partial charge in [-0.15, -0.1) is 0 Å². The number of hydrogen-bond acceptors (Lipinski definition) is 4. The van der Waals surface area contributed by atoms with Gasteiger partial charge in [0, 0.05) is 19.3 Å². The Labute approximate surface area is 243 Å². The monoisotopic (exact) mass is 542 g/mol. The van der Waals surface area contributed by atoms with E-state index in [4.69, 9.17) is 9.47 Å². The average Bonchev–Trinajstić information content (AvgIpc) is 2.97. The van der Waals surface area contributed by atoms with Gasteiger partial charge < -0.3 is 19.7 Å². The molecule has 0 spiro atoms. The zero-order valence-electron chi connectivity index (χ0n) is 25.8. The van der Waals surface area contributed by atoms with Crippen LogP contribution in [0.1, 0.15) is 100.0 Å². The molecule has 0 saturated carbocycles. The smallest absolute Gasteiger partial charge is 0.146 e. The quantitative estimate of drug-likeness (QED) is 0.358. The van der Waals surface area contributed by atoms with E-state index in [2.05, 4.69) is 113 Å². The van der Waals surface area contributed by atoms with E-state index in [0.29, 0.717) is 17.8 Å². The van der Waals surface area contributed by atoms with E-state index in [0.717, 1.165) is 44.2 Å². The molecule has 3 aromatic carbocycles. The van der Waals surface area contributed by atoms with Gasteiger partial charge in [-0.05, 0) is 77.3 Å². The number of nitrogens with zero attached hydrogens (tertiary/aromatic N) is 1. The van der Waals surface area contributed by atoms with Crippen LogP contribution in [0, 0.1) is 0 Å². The Bertz CT molecular complexity index is 1170. The molecule has 3 heterocycles. The third-order valence-corrected chi connectivity index (χ3v) is 8.05. The Morgan fingerprint density at radius 3 is 1.93 bits per heavy atom. The standard InChI is InChI=1S/C12H17NO.C12H17N.C12H16O/c1-9(2)10-5-4-6-11-12(10)14-8-7-13(11)3;2*1-9(2)11-7-3-5-10-6-4-8-13-12(10)11/h4-6,9H,7-8H2,1-3H3;3,5,7,9,13H,4,6,8H2,1-2H3;3,5,7,9H,4,6,8H2,1-2H3. The Morgan fingerprint density at radius 1 is 0.650 bits per heavy atom. The fourth-order valence-electron chi connectivity index (χ4n) is 5.75. The van der Waals surface area contributed by atoms with Crippen molar-refractivity contribution in [3.8, 4) is 11.5 Å². The van der Waals surface area contributed by atoms with Gasteiger partial charge in [0.1, 0.15) is 18.1 Å². The van der Waals surface area contributed by atoms with Crippen molar-refractivity contribution in [1.82, 2.24) is 0 Å². The minimum Gasteiger partial charge on any atom is -0.493 e. The second kappa shape index (κ2) is 14.0. The fraction of sp³-hybridized carbons (Fsp3) is 0.500. The summed E-state index contributed by atoms with van der Waals surface area (Å²) in [6.07, 6.45) is 4.85. The molecule has 3 aliphatic heterocycles. The topological polar surface area (TPSA) is 33.7 Å². The lowest BCUT2D eigenvalue weighted by Crippen LogP contribution is -2.29. The van der Waals surface area contributed by atoms with Gasteiger partial charge in [-0.2, -0.15) is 0 Å². The molecule has 40 heavy (non-hydrogen) atoms. The number of nitrogens with one attached hydrogen (secondary N) is 1. The lowest BCUT2D eigenvalue weighted by Gasteiger charge is -2.29. The normalized spacial score (nSPS) is 15.3. The molecular weight excluding hydrogens is 492 g/mol. The zero-order valence-corrected chi connectivity index (χ0v) is 25.8. The maximum atomic E-state index is 5.74. The first-order valence-corrected chi connectivity index (χ1v) is 15.3. The molecule has 0 radical (unpaired) electrons. The molecule has 0 amide bonds. The lowest BCUT2D eigenvalue weighted by molar-refractivity contribution is 0.284. The predicted molar refractivity (Wildman–Crippen MR) is 171 cm³/mol. The van der Waals surface area contributed by atoms with E-state index in [1.807, 2.05) is 0 Å². The van der Waals surface area contributed by atoms with Crippen LogP contribution >= 0.6 is 0 Å². The van der Waals surface area contributed by atoms with Crippen molar-refractivity contribution in [3.05, 3.63) is 82.4 Å². The summed E-state index contributed by atoms with van der Waals surface area (Å²) >= 11 is 0. The molecule has 4 nitrogen and oxygen atoms in total. The molecule has 3 aliphatic rings. The van der Waals surface area contributed by atoms with Crippen LogP contribution in [0.2, 0.25) is 0 Å². The van der Waals surface area contributed by atoms with Crippen molar-refractivity contribution in [2.45, 2.75) is 85.0 Å². The Hall–Kier alpha value is -3.14. The van der Waals surface area contributed by atoms with Gasteiger partial charge in [-0.3, -0.25) is 0 Å². The van der Waals surface area contributed by atoms with E-state index in [-0.39, 0.29) is 0 Å². The molecular formula is C36H50N2O2. The first-order valence-electron chi connectivity index (χ1n) is 15.3. The molecule has 0 fully saturated rings. The first-order chi connectivity index (χ1) is 19.3. The highest BCUT2D eigenvalue weighted by Gasteiger charge is 2.19. The summed E-state index contributed by atoms with van der Waals surface area (Å²) in [5.74, 6) is 3.95. The Balaban J connectivity index is 0.000000139. The summed E-state index contributed by atoms with van der Waals surface area (Å²) in [5.41, 5.74) is 9.66. The minimum atomic E-state index is 0.524. The highest BCUT2D eigenvalue weighted by Crippen LogP contribution is 2.37. The molecule has 4 heteroatoms. The maximum Gasteiger partial charge on any atom is 0.146 e. The molecule has 1 N–H and O–H groups in total. The number of ether oxygens (including phenoxy) is 2. The van der Waals surface area contributed by atoms with Crippen LogP contribution in [-0.4, -0.2) is 33.4 Å². The van der Waals surface area contributed by atoms with Crippen LogP contribution in [0.25, 0.3) is 0 Å². The van der Waals surface area contributed by atoms with Crippen LogP contribution in [0.5, 0.6) is 11.5 Å². The second-order valence-corrected chi connectivity index (χ2v) is 12.1. The molecule has 0 atom stereocenters. The summed E-state index contributed by atoms with van der Waals surface area (Å²) in [4.78, 5) is 2.25. The lowest BCUT2D eigenvalue weighted by atomic mass is 9.94. The van der Waals surface area contributed by atoms with Crippen LogP contribution < -0.4 is 19.7 Å². The SMILES string of the molecule is CC(C)c1cccc2c1NCCC2.CC(C)c1cccc2c1OCCC2.CC(C)c1cccc2c1OCCN2C. The number of anilines is 2. The molecule has 6 rings (SSSR count). The molecule has 0 unspecified atom stereocenters. The van der Waals surface area contributed by atoms with Gasteiger partial charge >= 0.3 is 0 Å². The number of benzene rings is 3. The Kier molecular flexibility index (Phi) is 10.4. The molecule has 216 valence electrons. The predicted octanol–water partition coefficient (Wildman–Crippen LogP) is 8.94. The van der Waals surface area contributed by atoms with Crippen LogP contribution in [-0.2, 0) is 12.8 Å². The van der Waals surface area contributed by atoms with Gasteiger partial charge in [0.05, 0.1) is 18.8 Å². The Morgan fingerprint density at radius 2 is 1.23 bits per heavy atom. The zero-order chi connectivity index (χ0) is 28.6. The third-order valence-electron chi connectivity index (χ3n) is 8.05. The van der Waals surface area contributed by atoms with Crippen molar-refractivity contribution in [3.63, 3.8) is 0 Å². The number of para-hydroxylation sites is 3. The third kappa shape index (κ3) is 7.13. The molecule has 3 aromatic rings. The van der Waals surface area contributed by atoms with Crippen molar-refractivity contribution in [2.24, 2.45) is 0 Å². The van der Waals surface area contributed by atoms with Gasteiger partial charge in [-0.25, -0.2) is 0 Å². The van der Waals surface area contributed by atoms with Gasteiger partial charge in [0.25, 0.3) is 0 Å². The number of rotatable bonds is 3. The molecule has 0 aromatic heterocycles. The summed E-state index contributed by atoms with van der Waals surface area (Å²) in [7, 11) is 2.12. The maximum absolute atomic E-state index is 5.74. The first kappa shape index (κ1) is 29.8. The van der Waals surface area contributed by atoms with Crippen LogP contribution in [0.4, 0.5) is 11.4 Å². The molecule has 0 aliphatic carbocycles. The average molecular weight is 543 g/mol. The van der Waals surface area contributed by atoms with Crippen molar-refractivity contribution >= 4 is 11.4 Å². The van der Waals surface area contributed by atoms with Gasteiger partial charge in [0.15, 0.2) is 0 Å². The summed E-state index contributed by atoms with van der Waals surface area (Å²) < 4.78 is 11.5. The summed E-state index contributed by atoms with van der Waals surface area (Å²) in [5, 5.41) is 3.51. The number of hydrogen-bond donors (Lipinski definition) is 1. The van der Waals surface area contributed by atoms with Crippen LogP contribution in [0.15, 0.2) is 54.6 Å². The fourth-order valence-corrected chi connectivity index (χ4v) is 5.75. The number of fused-ring (bicyclic) bond motifs is 3. The van der Waals surface area contributed by atoms with Crippen molar-refractivity contribution in [1.29, 1.82) is 0 Å². The molecule has 0 saturated heterocycles. The number of likely N-dealkylation sites (N-methyl/N-ethyl adjacent to an activating group) is 1. The van der Waals surface area contributed by atoms with Gasteiger partial charge in [-0.1, -0.05) is 90.1 Å². The number of aryl methyl sites for hydroxylation is 2. The van der Waals surface area contributed by atoms with Crippen molar-refractivity contribution < 1.29 is 9.47 Å². The minimum absolute atomic E-state index is 0.524. The van der Waals surface area contributed by atoms with E-state index in [1.54, 1.807) is 0 Å². The summed E-state index contributed by atoms with van der Waals surface area (Å²) in [6.45, 7) is 17.1. The van der Waals surface area contributed by atoms with E-state index < -0.39 is 0 Å². The van der Waals surface area contributed by atoms with E-state index in [9.17, 15) is 0 Å². The van der Waals surface area contributed by atoms with Gasteiger partial charge in [0.2, 0.25) is 0 Å². The van der Waals surface area contributed by atoms with Crippen LogP contribution in [0.3, 0.4) is 0 Å².